The molecule has 2 aliphatic rings. The zero-order valence-electron chi connectivity index (χ0n) is 11.8. The molecule has 2 rings (SSSR count). The summed E-state index contributed by atoms with van der Waals surface area (Å²) in [6.45, 7) is 3.68. The maximum atomic E-state index is 12.3. The van der Waals surface area contributed by atoms with E-state index in [0.717, 1.165) is 38.8 Å². The van der Waals surface area contributed by atoms with Crippen molar-refractivity contribution in [2.75, 3.05) is 19.6 Å². The second-order valence-electron chi connectivity index (χ2n) is 6.09. The highest BCUT2D eigenvalue weighted by molar-refractivity contribution is 5.77. The third-order valence-corrected chi connectivity index (χ3v) is 4.63. The summed E-state index contributed by atoms with van der Waals surface area (Å²) in [5.41, 5.74) is 5.89. The maximum Gasteiger partial charge on any atom is 0.223 e. The average Bonchev–Trinajstić information content (AvgIpc) is 2.34. The fourth-order valence-corrected chi connectivity index (χ4v) is 3.12. The molecule has 5 nitrogen and oxygen atoms in total. The van der Waals surface area contributed by atoms with Gasteiger partial charge in [0.05, 0.1) is 0 Å². The molecule has 19 heavy (non-hydrogen) atoms. The summed E-state index contributed by atoms with van der Waals surface area (Å²) in [6, 6.07) is 0.230. The number of carbonyl (C=O) groups excluding carboxylic acids is 2. The number of likely N-dealkylation sites (tertiary alicyclic amines) is 1. The molecule has 2 amide bonds. The second-order valence-corrected chi connectivity index (χ2v) is 6.09. The van der Waals surface area contributed by atoms with Crippen LogP contribution in [0.25, 0.3) is 0 Å². The van der Waals surface area contributed by atoms with Crippen LogP contribution in [-0.2, 0) is 9.59 Å². The minimum Gasteiger partial charge on any atom is -0.353 e. The number of hydrogen-bond acceptors (Lipinski definition) is 3. The number of amides is 2. The van der Waals surface area contributed by atoms with Crippen molar-refractivity contribution in [1.82, 2.24) is 10.2 Å². The van der Waals surface area contributed by atoms with Gasteiger partial charge in [-0.3, -0.25) is 9.59 Å². The largest absolute Gasteiger partial charge is 0.353 e. The molecule has 0 radical (unpaired) electrons. The molecular weight excluding hydrogens is 242 g/mol. The zero-order chi connectivity index (χ0) is 13.9. The van der Waals surface area contributed by atoms with Crippen LogP contribution in [0.1, 0.15) is 45.4 Å². The van der Waals surface area contributed by atoms with Crippen molar-refractivity contribution < 1.29 is 9.59 Å². The van der Waals surface area contributed by atoms with Crippen LogP contribution >= 0.6 is 0 Å². The van der Waals surface area contributed by atoms with Crippen LogP contribution < -0.4 is 11.1 Å². The van der Waals surface area contributed by atoms with E-state index in [-0.39, 0.29) is 23.3 Å². The molecule has 0 atom stereocenters. The smallest absolute Gasteiger partial charge is 0.223 e. The van der Waals surface area contributed by atoms with E-state index in [1.165, 1.54) is 6.42 Å². The molecule has 1 saturated carbocycles. The summed E-state index contributed by atoms with van der Waals surface area (Å²) >= 11 is 0. The molecule has 1 aliphatic heterocycles. The Kier molecular flexibility index (Phi) is 4.45. The number of piperidine rings is 1. The second kappa shape index (κ2) is 5.90. The van der Waals surface area contributed by atoms with E-state index in [1.807, 2.05) is 4.90 Å². The minimum atomic E-state index is 0.0151. The van der Waals surface area contributed by atoms with Crippen molar-refractivity contribution in [3.05, 3.63) is 0 Å². The van der Waals surface area contributed by atoms with Crippen molar-refractivity contribution in [3.63, 3.8) is 0 Å². The van der Waals surface area contributed by atoms with Crippen LogP contribution in [0.2, 0.25) is 0 Å². The fraction of sp³-hybridized carbons (Fsp3) is 0.857. The van der Waals surface area contributed by atoms with Gasteiger partial charge >= 0.3 is 0 Å². The van der Waals surface area contributed by atoms with E-state index in [4.69, 9.17) is 5.73 Å². The quantitative estimate of drug-likeness (QED) is 0.784. The zero-order valence-corrected chi connectivity index (χ0v) is 11.8. The van der Waals surface area contributed by atoms with Gasteiger partial charge in [-0.15, -0.1) is 0 Å². The summed E-state index contributed by atoms with van der Waals surface area (Å²) in [7, 11) is 0. The third kappa shape index (κ3) is 3.47. The molecule has 3 N–H and O–H groups in total. The normalized spacial score (nSPS) is 22.7. The summed E-state index contributed by atoms with van der Waals surface area (Å²) in [5.74, 6) is 0.257. The predicted octanol–water partition coefficient (Wildman–Crippen LogP) is 0.633. The lowest BCUT2D eigenvalue weighted by atomic mass is 9.66. The molecule has 1 heterocycles. The van der Waals surface area contributed by atoms with Gasteiger partial charge in [-0.1, -0.05) is 6.42 Å². The summed E-state index contributed by atoms with van der Waals surface area (Å²) in [4.78, 5) is 25.2. The molecule has 108 valence electrons. The van der Waals surface area contributed by atoms with Crippen molar-refractivity contribution in [1.29, 1.82) is 0 Å². The third-order valence-electron chi connectivity index (χ3n) is 4.63. The number of nitrogens with zero attached hydrogens (tertiary/aromatic N) is 1. The van der Waals surface area contributed by atoms with E-state index in [1.54, 1.807) is 6.92 Å². The Hall–Kier alpha value is -1.10. The molecule has 1 aliphatic carbocycles. The standard InChI is InChI=1S/C14H25N3O2/c1-11(18)16-12-3-7-17(8-4-12)13(19)9-14(10-15)5-2-6-14/h12H,2-10,15H2,1H3,(H,16,18). The van der Waals surface area contributed by atoms with Gasteiger partial charge in [0.1, 0.15) is 0 Å². The van der Waals surface area contributed by atoms with E-state index in [9.17, 15) is 9.59 Å². The Morgan fingerprint density at radius 2 is 1.95 bits per heavy atom. The highest BCUT2D eigenvalue weighted by Gasteiger charge is 2.39. The van der Waals surface area contributed by atoms with Crippen LogP contribution in [0.5, 0.6) is 0 Å². The number of carbonyl (C=O) groups is 2. The molecule has 0 aromatic carbocycles. The monoisotopic (exact) mass is 267 g/mol. The Balaban J connectivity index is 1.77. The van der Waals surface area contributed by atoms with Gasteiger partial charge < -0.3 is 16.0 Å². The van der Waals surface area contributed by atoms with Crippen LogP contribution in [-0.4, -0.2) is 42.4 Å². The molecule has 0 aromatic rings. The van der Waals surface area contributed by atoms with Gasteiger partial charge in [-0.2, -0.15) is 0 Å². The first kappa shape index (κ1) is 14.3. The van der Waals surface area contributed by atoms with Gasteiger partial charge in [-0.25, -0.2) is 0 Å². The Bertz CT molecular complexity index is 339. The first-order valence-corrected chi connectivity index (χ1v) is 7.30. The molecular formula is C14H25N3O2. The molecule has 0 aromatic heterocycles. The summed E-state index contributed by atoms with van der Waals surface area (Å²) in [5, 5.41) is 2.93. The molecule has 5 heteroatoms. The first-order chi connectivity index (χ1) is 9.04. The highest BCUT2D eigenvalue weighted by Crippen LogP contribution is 2.43. The fourth-order valence-electron chi connectivity index (χ4n) is 3.12. The van der Waals surface area contributed by atoms with Gasteiger partial charge in [0.25, 0.3) is 0 Å². The van der Waals surface area contributed by atoms with E-state index in [0.29, 0.717) is 13.0 Å². The molecule has 1 saturated heterocycles. The van der Waals surface area contributed by atoms with Crippen molar-refractivity contribution >= 4 is 11.8 Å². The number of nitrogens with one attached hydrogen (secondary N) is 1. The topological polar surface area (TPSA) is 75.4 Å². The van der Waals surface area contributed by atoms with Gasteiger partial charge in [0, 0.05) is 32.5 Å². The SMILES string of the molecule is CC(=O)NC1CCN(C(=O)CC2(CN)CCC2)CC1. The van der Waals surface area contributed by atoms with E-state index < -0.39 is 0 Å². The van der Waals surface area contributed by atoms with Crippen LogP contribution in [0.3, 0.4) is 0 Å². The van der Waals surface area contributed by atoms with E-state index >= 15 is 0 Å². The average molecular weight is 267 g/mol. The van der Waals surface area contributed by atoms with Crippen molar-refractivity contribution in [3.8, 4) is 0 Å². The lowest BCUT2D eigenvalue weighted by Gasteiger charge is -2.42. The van der Waals surface area contributed by atoms with E-state index in [2.05, 4.69) is 5.32 Å². The number of nitrogens with two attached hydrogens (primary N) is 1. The number of hydrogen-bond donors (Lipinski definition) is 2. The van der Waals surface area contributed by atoms with Crippen molar-refractivity contribution in [2.45, 2.75) is 51.5 Å². The highest BCUT2D eigenvalue weighted by atomic mass is 16.2. The Labute approximate surface area is 114 Å². The first-order valence-electron chi connectivity index (χ1n) is 7.30. The minimum absolute atomic E-state index is 0.0151. The van der Waals surface area contributed by atoms with Gasteiger partial charge in [-0.05, 0) is 37.6 Å². The van der Waals surface area contributed by atoms with Crippen LogP contribution in [0.15, 0.2) is 0 Å². The maximum absolute atomic E-state index is 12.3. The van der Waals surface area contributed by atoms with Gasteiger partial charge in [0.2, 0.25) is 11.8 Å². The van der Waals surface area contributed by atoms with Crippen LogP contribution in [0, 0.1) is 5.41 Å². The van der Waals surface area contributed by atoms with Gasteiger partial charge in [0.15, 0.2) is 0 Å². The Morgan fingerprint density at radius 1 is 1.32 bits per heavy atom. The predicted molar refractivity (Wildman–Crippen MR) is 73.4 cm³/mol. The molecule has 0 spiro atoms. The lowest BCUT2D eigenvalue weighted by molar-refractivity contribution is -0.136. The van der Waals surface area contributed by atoms with Crippen molar-refractivity contribution in [2.24, 2.45) is 11.1 Å². The molecule has 2 fully saturated rings. The number of rotatable bonds is 4. The lowest BCUT2D eigenvalue weighted by Crippen LogP contribution is -2.48. The molecule has 0 bridgehead atoms. The van der Waals surface area contributed by atoms with Crippen LogP contribution in [0.4, 0.5) is 0 Å². The summed E-state index contributed by atoms with van der Waals surface area (Å²) in [6.07, 6.45) is 5.72. The Morgan fingerprint density at radius 3 is 2.37 bits per heavy atom. The summed E-state index contributed by atoms with van der Waals surface area (Å²) < 4.78 is 0. The molecule has 0 unspecified atom stereocenters.